The van der Waals surface area contributed by atoms with Crippen LogP contribution in [-0.4, -0.2) is 23.1 Å². The molecule has 0 saturated carbocycles. The number of benzene rings is 1. The molecule has 0 heterocycles. The zero-order valence-electron chi connectivity index (χ0n) is 12.3. The Morgan fingerprint density at radius 3 is 2.00 bits per heavy atom. The van der Waals surface area contributed by atoms with Crippen LogP contribution in [0.3, 0.4) is 0 Å². The van der Waals surface area contributed by atoms with Crippen molar-refractivity contribution in [2.75, 3.05) is 5.32 Å². The molecule has 0 saturated heterocycles. The number of hydrogen-bond donors (Lipinski definition) is 3. The summed E-state index contributed by atoms with van der Waals surface area (Å²) in [4.78, 5) is 22.8. The van der Waals surface area contributed by atoms with E-state index in [-0.39, 0.29) is 5.92 Å². The maximum Gasteiger partial charge on any atom is 0.326 e. The van der Waals surface area contributed by atoms with Crippen molar-refractivity contribution in [3.63, 3.8) is 0 Å². The summed E-state index contributed by atoms with van der Waals surface area (Å²) in [6, 6.07) is 6.09. The lowest BCUT2D eigenvalue weighted by molar-refractivity contribution is -0.140. The first-order chi connectivity index (χ1) is 9.31. The Hall–Kier alpha value is -2.04. The van der Waals surface area contributed by atoms with Gasteiger partial charge in [-0.1, -0.05) is 39.8 Å². The predicted octanol–water partition coefficient (Wildman–Crippen LogP) is 3.04. The van der Waals surface area contributed by atoms with Crippen molar-refractivity contribution in [2.24, 2.45) is 5.92 Å². The molecule has 5 heteroatoms. The molecule has 0 radical (unpaired) electrons. The fourth-order valence-corrected chi connectivity index (χ4v) is 1.77. The molecular weight excluding hydrogens is 256 g/mol. The molecule has 0 aliphatic heterocycles. The van der Waals surface area contributed by atoms with Crippen molar-refractivity contribution in [3.8, 4) is 0 Å². The number of carboxylic acids is 1. The van der Waals surface area contributed by atoms with Crippen LogP contribution in [0.5, 0.6) is 0 Å². The second-order valence-corrected chi connectivity index (χ2v) is 5.44. The van der Waals surface area contributed by atoms with Crippen molar-refractivity contribution < 1.29 is 14.7 Å². The molecule has 110 valence electrons. The average Bonchev–Trinajstić information content (AvgIpc) is 2.35. The van der Waals surface area contributed by atoms with Crippen molar-refractivity contribution in [1.29, 1.82) is 0 Å². The third kappa shape index (κ3) is 4.57. The zero-order valence-corrected chi connectivity index (χ0v) is 12.3. The molecular formula is C15H22N2O3. The summed E-state index contributed by atoms with van der Waals surface area (Å²) in [5.74, 6) is -0.790. The van der Waals surface area contributed by atoms with Crippen molar-refractivity contribution in [3.05, 3.63) is 29.8 Å². The minimum absolute atomic E-state index is 0.179. The van der Waals surface area contributed by atoms with E-state index in [2.05, 4.69) is 24.5 Å². The van der Waals surface area contributed by atoms with Gasteiger partial charge in [0.1, 0.15) is 6.04 Å². The number of carboxylic acid groups (broad SMARTS) is 1. The van der Waals surface area contributed by atoms with Gasteiger partial charge in [-0.3, -0.25) is 0 Å². The van der Waals surface area contributed by atoms with Crippen molar-refractivity contribution >= 4 is 17.7 Å². The van der Waals surface area contributed by atoms with Crippen LogP contribution in [0.4, 0.5) is 10.5 Å². The Morgan fingerprint density at radius 1 is 1.05 bits per heavy atom. The van der Waals surface area contributed by atoms with E-state index in [1.165, 1.54) is 5.56 Å². The minimum Gasteiger partial charge on any atom is -0.480 e. The van der Waals surface area contributed by atoms with Gasteiger partial charge in [-0.25, -0.2) is 9.59 Å². The molecule has 1 atom stereocenters. The summed E-state index contributed by atoms with van der Waals surface area (Å²) < 4.78 is 0. The Kier molecular flexibility index (Phi) is 5.55. The smallest absolute Gasteiger partial charge is 0.326 e. The van der Waals surface area contributed by atoms with Gasteiger partial charge in [-0.2, -0.15) is 0 Å². The maximum atomic E-state index is 11.8. The van der Waals surface area contributed by atoms with E-state index in [0.717, 1.165) is 0 Å². The van der Waals surface area contributed by atoms with Gasteiger partial charge >= 0.3 is 12.0 Å². The fraction of sp³-hybridized carbons (Fsp3) is 0.467. The monoisotopic (exact) mass is 278 g/mol. The molecule has 5 nitrogen and oxygen atoms in total. The van der Waals surface area contributed by atoms with Crippen LogP contribution in [0.2, 0.25) is 0 Å². The molecule has 0 unspecified atom stereocenters. The van der Waals surface area contributed by atoms with E-state index in [1.807, 2.05) is 12.1 Å². The molecule has 20 heavy (non-hydrogen) atoms. The quantitative estimate of drug-likeness (QED) is 0.774. The number of urea groups is 1. The van der Waals surface area contributed by atoms with Crippen molar-refractivity contribution in [2.45, 2.75) is 39.7 Å². The Morgan fingerprint density at radius 2 is 1.60 bits per heavy atom. The number of carbonyl (C=O) groups excluding carboxylic acids is 1. The third-order valence-electron chi connectivity index (χ3n) is 3.05. The number of hydrogen-bond acceptors (Lipinski definition) is 2. The summed E-state index contributed by atoms with van der Waals surface area (Å²) >= 11 is 0. The van der Waals surface area contributed by atoms with Gasteiger partial charge in [0.2, 0.25) is 0 Å². The molecule has 3 N–H and O–H groups in total. The highest BCUT2D eigenvalue weighted by Crippen LogP contribution is 2.17. The third-order valence-corrected chi connectivity index (χ3v) is 3.05. The van der Waals surface area contributed by atoms with Crippen LogP contribution in [0, 0.1) is 5.92 Å². The lowest BCUT2D eigenvalue weighted by Gasteiger charge is -2.18. The topological polar surface area (TPSA) is 78.4 Å². The first-order valence-electron chi connectivity index (χ1n) is 6.71. The van der Waals surface area contributed by atoms with Gasteiger partial charge in [0, 0.05) is 5.69 Å². The van der Waals surface area contributed by atoms with Gasteiger partial charge in [-0.05, 0) is 29.5 Å². The van der Waals surface area contributed by atoms with E-state index < -0.39 is 18.0 Å². The van der Waals surface area contributed by atoms with E-state index in [4.69, 9.17) is 5.11 Å². The second kappa shape index (κ2) is 6.93. The summed E-state index contributed by atoms with van der Waals surface area (Å²) in [6.45, 7) is 7.68. The molecule has 2 amide bonds. The largest absolute Gasteiger partial charge is 0.480 e. The van der Waals surface area contributed by atoms with Crippen molar-refractivity contribution in [1.82, 2.24) is 5.32 Å². The molecule has 1 aromatic rings. The van der Waals surface area contributed by atoms with Gasteiger partial charge in [0.15, 0.2) is 0 Å². The number of amides is 2. The van der Waals surface area contributed by atoms with Crippen LogP contribution in [0.1, 0.15) is 39.2 Å². The first kappa shape index (κ1) is 16.0. The number of aliphatic carboxylic acids is 1. The van der Waals surface area contributed by atoms with Crippen LogP contribution in [-0.2, 0) is 4.79 Å². The summed E-state index contributed by atoms with van der Waals surface area (Å²) in [5.41, 5.74) is 1.82. The highest BCUT2D eigenvalue weighted by molar-refractivity contribution is 5.92. The standard InChI is InChI=1S/C15H22N2O3/c1-9(2)11-5-7-12(8-6-11)16-15(20)17-13(10(3)4)14(18)19/h5-10,13H,1-4H3,(H,18,19)(H2,16,17,20)/t13-/m0/s1. The highest BCUT2D eigenvalue weighted by atomic mass is 16.4. The lowest BCUT2D eigenvalue weighted by Crippen LogP contribution is -2.46. The van der Waals surface area contributed by atoms with Crippen LogP contribution >= 0.6 is 0 Å². The molecule has 1 rings (SSSR count). The zero-order chi connectivity index (χ0) is 15.3. The van der Waals surface area contributed by atoms with Crippen LogP contribution in [0.15, 0.2) is 24.3 Å². The maximum absolute atomic E-state index is 11.8. The Labute approximate surface area is 119 Å². The number of nitrogens with one attached hydrogen (secondary N) is 2. The molecule has 0 aromatic heterocycles. The molecule has 1 aromatic carbocycles. The summed E-state index contributed by atoms with van der Waals surface area (Å²) in [5, 5.41) is 14.1. The van der Waals surface area contributed by atoms with E-state index in [1.54, 1.807) is 26.0 Å². The average molecular weight is 278 g/mol. The van der Waals surface area contributed by atoms with E-state index in [0.29, 0.717) is 11.6 Å². The van der Waals surface area contributed by atoms with E-state index >= 15 is 0 Å². The Balaban J connectivity index is 2.64. The van der Waals surface area contributed by atoms with Gasteiger partial charge in [0.25, 0.3) is 0 Å². The van der Waals surface area contributed by atoms with Gasteiger partial charge in [0.05, 0.1) is 0 Å². The Bertz CT molecular complexity index is 467. The molecule has 0 spiro atoms. The summed E-state index contributed by atoms with van der Waals surface area (Å²) in [6.07, 6.45) is 0. The lowest BCUT2D eigenvalue weighted by atomic mass is 10.0. The highest BCUT2D eigenvalue weighted by Gasteiger charge is 2.23. The molecule has 0 fully saturated rings. The second-order valence-electron chi connectivity index (χ2n) is 5.44. The summed E-state index contributed by atoms with van der Waals surface area (Å²) in [7, 11) is 0. The van der Waals surface area contributed by atoms with Gasteiger partial charge in [-0.15, -0.1) is 0 Å². The first-order valence-corrected chi connectivity index (χ1v) is 6.71. The number of carbonyl (C=O) groups is 2. The molecule has 0 aliphatic rings. The predicted molar refractivity (Wildman–Crippen MR) is 78.9 cm³/mol. The van der Waals surface area contributed by atoms with Crippen LogP contribution in [0.25, 0.3) is 0 Å². The van der Waals surface area contributed by atoms with Gasteiger partial charge < -0.3 is 15.7 Å². The molecule has 0 bridgehead atoms. The van der Waals surface area contributed by atoms with E-state index in [9.17, 15) is 9.59 Å². The fourth-order valence-electron chi connectivity index (χ4n) is 1.77. The number of rotatable bonds is 5. The SMILES string of the molecule is CC(C)c1ccc(NC(=O)N[C@H](C(=O)O)C(C)C)cc1. The minimum atomic E-state index is -1.04. The molecule has 0 aliphatic carbocycles. The normalized spacial score (nSPS) is 12.3. The number of anilines is 1. The van der Waals surface area contributed by atoms with Crippen LogP contribution < -0.4 is 10.6 Å².